The topological polar surface area (TPSA) is 29.1 Å². The largest absolute Gasteiger partial charge is 0.325 e. The fourth-order valence-corrected chi connectivity index (χ4v) is 3.13. The molecular formula is C15H19BrClNO. The maximum Gasteiger partial charge on any atom is 0.224 e. The van der Waals surface area contributed by atoms with Gasteiger partial charge in [-0.3, -0.25) is 4.79 Å². The van der Waals surface area contributed by atoms with E-state index >= 15 is 0 Å². The van der Waals surface area contributed by atoms with Crippen LogP contribution >= 0.6 is 27.5 Å². The van der Waals surface area contributed by atoms with Gasteiger partial charge in [-0.05, 0) is 46.5 Å². The van der Waals surface area contributed by atoms with E-state index in [1.807, 2.05) is 6.07 Å². The Balaban J connectivity index is 1.81. The average Bonchev–Trinajstić information content (AvgIpc) is 2.42. The Morgan fingerprint density at radius 3 is 2.79 bits per heavy atom. The number of halogens is 2. The first-order valence-electron chi connectivity index (χ1n) is 6.90. The third kappa shape index (κ3) is 4.81. The van der Waals surface area contributed by atoms with Gasteiger partial charge in [-0.25, -0.2) is 0 Å². The van der Waals surface area contributed by atoms with Crippen LogP contribution in [0.1, 0.15) is 44.9 Å². The first kappa shape index (κ1) is 14.9. The van der Waals surface area contributed by atoms with E-state index in [0.29, 0.717) is 11.4 Å². The second kappa shape index (κ2) is 7.30. The zero-order valence-electron chi connectivity index (χ0n) is 10.9. The summed E-state index contributed by atoms with van der Waals surface area (Å²) >= 11 is 9.34. The number of carbonyl (C=O) groups is 1. The predicted molar refractivity (Wildman–Crippen MR) is 83.6 cm³/mol. The first-order chi connectivity index (χ1) is 9.15. The summed E-state index contributed by atoms with van der Waals surface area (Å²) in [4.78, 5) is 11.9. The van der Waals surface area contributed by atoms with Gasteiger partial charge in [-0.1, -0.05) is 43.7 Å². The van der Waals surface area contributed by atoms with Crippen LogP contribution in [0.2, 0.25) is 5.02 Å². The van der Waals surface area contributed by atoms with E-state index in [9.17, 15) is 4.79 Å². The van der Waals surface area contributed by atoms with Gasteiger partial charge in [-0.2, -0.15) is 0 Å². The number of hydrogen-bond donors (Lipinski definition) is 1. The number of anilines is 1. The molecule has 0 spiro atoms. The molecule has 2 nitrogen and oxygen atoms in total. The molecule has 104 valence electrons. The molecule has 0 radical (unpaired) electrons. The van der Waals surface area contributed by atoms with Crippen LogP contribution in [0, 0.1) is 5.92 Å². The Labute approximate surface area is 128 Å². The van der Waals surface area contributed by atoms with Crippen molar-refractivity contribution in [3.05, 3.63) is 27.7 Å². The number of amides is 1. The Hall–Kier alpha value is -0.540. The van der Waals surface area contributed by atoms with Crippen LogP contribution < -0.4 is 5.32 Å². The fraction of sp³-hybridized carbons (Fsp3) is 0.533. The van der Waals surface area contributed by atoms with E-state index in [2.05, 4.69) is 21.2 Å². The average molecular weight is 345 g/mol. The standard InChI is InChI=1S/C15H19BrClNO/c16-13-8-7-12(17)10-14(13)18-15(19)9-6-11-4-2-1-3-5-11/h7-8,10-11H,1-6,9H2,(H,18,19). The van der Waals surface area contributed by atoms with Crippen LogP contribution in [-0.4, -0.2) is 5.91 Å². The van der Waals surface area contributed by atoms with Crippen LogP contribution in [-0.2, 0) is 4.79 Å². The highest BCUT2D eigenvalue weighted by atomic mass is 79.9. The van der Waals surface area contributed by atoms with Gasteiger partial charge < -0.3 is 5.32 Å². The third-order valence-electron chi connectivity index (χ3n) is 3.71. The van der Waals surface area contributed by atoms with Gasteiger partial charge in [0.05, 0.1) is 5.69 Å². The molecule has 1 aromatic rings. The number of benzene rings is 1. The van der Waals surface area contributed by atoms with Crippen molar-refractivity contribution in [3.8, 4) is 0 Å². The van der Waals surface area contributed by atoms with Gasteiger partial charge in [-0.15, -0.1) is 0 Å². The Morgan fingerprint density at radius 1 is 1.32 bits per heavy atom. The third-order valence-corrected chi connectivity index (χ3v) is 4.63. The molecular weight excluding hydrogens is 326 g/mol. The van der Waals surface area contributed by atoms with Crippen molar-refractivity contribution in [3.63, 3.8) is 0 Å². The van der Waals surface area contributed by atoms with Crippen LogP contribution in [0.3, 0.4) is 0 Å². The molecule has 0 aliphatic heterocycles. The number of carbonyl (C=O) groups excluding carboxylic acids is 1. The van der Waals surface area contributed by atoms with E-state index < -0.39 is 0 Å². The van der Waals surface area contributed by atoms with Crippen molar-refractivity contribution in [2.45, 2.75) is 44.9 Å². The Bertz CT molecular complexity index is 444. The summed E-state index contributed by atoms with van der Waals surface area (Å²) in [5, 5.41) is 3.55. The summed E-state index contributed by atoms with van der Waals surface area (Å²) in [6.07, 6.45) is 8.19. The smallest absolute Gasteiger partial charge is 0.224 e. The minimum atomic E-state index is 0.0774. The second-order valence-electron chi connectivity index (χ2n) is 5.22. The highest BCUT2D eigenvalue weighted by Gasteiger charge is 2.15. The molecule has 19 heavy (non-hydrogen) atoms. The van der Waals surface area contributed by atoms with Gasteiger partial charge in [0.1, 0.15) is 0 Å². The molecule has 0 bridgehead atoms. The molecule has 0 saturated heterocycles. The molecule has 0 atom stereocenters. The number of hydrogen-bond acceptors (Lipinski definition) is 1. The molecule has 2 rings (SSSR count). The molecule has 4 heteroatoms. The van der Waals surface area contributed by atoms with Crippen LogP contribution in [0.15, 0.2) is 22.7 Å². The lowest BCUT2D eigenvalue weighted by atomic mass is 9.86. The van der Waals surface area contributed by atoms with Gasteiger partial charge >= 0.3 is 0 Å². The SMILES string of the molecule is O=C(CCC1CCCCC1)Nc1cc(Cl)ccc1Br. The maximum absolute atomic E-state index is 11.9. The Kier molecular flexibility index (Phi) is 5.71. The predicted octanol–water partition coefficient (Wildman–Crippen LogP) is 5.40. The van der Waals surface area contributed by atoms with Crippen molar-refractivity contribution >= 4 is 39.1 Å². The molecule has 1 saturated carbocycles. The summed E-state index contributed by atoms with van der Waals surface area (Å²) in [6, 6.07) is 5.41. The van der Waals surface area contributed by atoms with E-state index in [1.165, 1.54) is 32.1 Å². The van der Waals surface area contributed by atoms with E-state index in [-0.39, 0.29) is 5.91 Å². The summed E-state index contributed by atoms with van der Waals surface area (Å²) < 4.78 is 0.864. The zero-order chi connectivity index (χ0) is 13.7. The van der Waals surface area contributed by atoms with Gasteiger partial charge in [0.2, 0.25) is 5.91 Å². The molecule has 1 amide bonds. The van der Waals surface area contributed by atoms with Gasteiger partial charge in [0.15, 0.2) is 0 Å². The highest BCUT2D eigenvalue weighted by Crippen LogP contribution is 2.28. The first-order valence-corrected chi connectivity index (χ1v) is 8.07. The lowest BCUT2D eigenvalue weighted by Crippen LogP contribution is -2.15. The summed E-state index contributed by atoms with van der Waals surface area (Å²) in [5.74, 6) is 0.816. The minimum Gasteiger partial charge on any atom is -0.325 e. The van der Waals surface area contributed by atoms with Crippen LogP contribution in [0.5, 0.6) is 0 Å². The number of rotatable bonds is 4. The summed E-state index contributed by atoms with van der Waals surface area (Å²) in [7, 11) is 0. The van der Waals surface area contributed by atoms with E-state index in [4.69, 9.17) is 11.6 Å². The lowest BCUT2D eigenvalue weighted by molar-refractivity contribution is -0.116. The van der Waals surface area contributed by atoms with Crippen molar-refractivity contribution < 1.29 is 4.79 Å². The van der Waals surface area contributed by atoms with Gasteiger partial charge in [0.25, 0.3) is 0 Å². The quantitative estimate of drug-likeness (QED) is 0.778. The molecule has 1 aliphatic rings. The molecule has 0 heterocycles. The van der Waals surface area contributed by atoms with E-state index in [1.54, 1.807) is 12.1 Å². The van der Waals surface area contributed by atoms with Crippen molar-refractivity contribution in [2.24, 2.45) is 5.92 Å². The summed E-state index contributed by atoms with van der Waals surface area (Å²) in [5.41, 5.74) is 0.751. The molecule has 1 aromatic carbocycles. The lowest BCUT2D eigenvalue weighted by Gasteiger charge is -2.21. The van der Waals surface area contributed by atoms with Crippen LogP contribution in [0.25, 0.3) is 0 Å². The molecule has 1 aliphatic carbocycles. The monoisotopic (exact) mass is 343 g/mol. The van der Waals surface area contributed by atoms with Crippen molar-refractivity contribution in [2.75, 3.05) is 5.32 Å². The normalized spacial score (nSPS) is 16.3. The summed E-state index contributed by atoms with van der Waals surface area (Å²) in [6.45, 7) is 0. The molecule has 1 N–H and O–H groups in total. The zero-order valence-corrected chi connectivity index (χ0v) is 13.3. The minimum absolute atomic E-state index is 0.0774. The highest BCUT2D eigenvalue weighted by molar-refractivity contribution is 9.10. The van der Waals surface area contributed by atoms with Crippen molar-refractivity contribution in [1.82, 2.24) is 0 Å². The van der Waals surface area contributed by atoms with Gasteiger partial charge in [0, 0.05) is 15.9 Å². The second-order valence-corrected chi connectivity index (χ2v) is 6.51. The van der Waals surface area contributed by atoms with Crippen LogP contribution in [0.4, 0.5) is 5.69 Å². The van der Waals surface area contributed by atoms with Crippen molar-refractivity contribution in [1.29, 1.82) is 0 Å². The molecule has 1 fully saturated rings. The maximum atomic E-state index is 11.9. The number of nitrogens with one attached hydrogen (secondary N) is 1. The van der Waals surface area contributed by atoms with E-state index in [0.717, 1.165) is 22.5 Å². The Morgan fingerprint density at radius 2 is 2.05 bits per heavy atom. The molecule has 0 aromatic heterocycles. The molecule has 0 unspecified atom stereocenters. The fourth-order valence-electron chi connectivity index (χ4n) is 2.62.